The summed E-state index contributed by atoms with van der Waals surface area (Å²) in [6.45, 7) is 6.53. The van der Waals surface area contributed by atoms with E-state index < -0.39 is 0 Å². The molecule has 0 radical (unpaired) electrons. The molecule has 1 aromatic heterocycles. The molecule has 0 aliphatic heterocycles. The zero-order valence-corrected chi connectivity index (χ0v) is 7.22. The van der Waals surface area contributed by atoms with Gasteiger partial charge in [-0.25, -0.2) is 0 Å². The van der Waals surface area contributed by atoms with Gasteiger partial charge in [-0.2, -0.15) is 0 Å². The van der Waals surface area contributed by atoms with Crippen LogP contribution in [0.4, 0.5) is 0 Å². The maximum absolute atomic E-state index is 11.4. The predicted molar refractivity (Wildman–Crippen MR) is 45.9 cm³/mol. The van der Waals surface area contributed by atoms with Crippen molar-refractivity contribution in [1.29, 1.82) is 0 Å². The maximum atomic E-state index is 11.4. The van der Waals surface area contributed by atoms with Crippen LogP contribution in [0.25, 0.3) is 0 Å². The van der Waals surface area contributed by atoms with Gasteiger partial charge in [0.15, 0.2) is 0 Å². The first kappa shape index (κ1) is 8.05. The largest absolute Gasteiger partial charge is 0.313 e. The fourth-order valence-electron chi connectivity index (χ4n) is 1.17. The number of pyridine rings is 1. The molecular formula is C9H13NO. The fourth-order valence-corrected chi connectivity index (χ4v) is 1.17. The lowest BCUT2D eigenvalue weighted by atomic mass is 10.2. The Balaban J connectivity index is 3.41. The third-order valence-electron chi connectivity index (χ3n) is 1.90. The summed E-state index contributed by atoms with van der Waals surface area (Å²) in [5.41, 5.74) is 1.98. The normalized spacial score (nSPS) is 10.1. The summed E-state index contributed by atoms with van der Waals surface area (Å²) < 4.78 is 1.77. The zero-order valence-electron chi connectivity index (χ0n) is 7.22. The standard InChI is InChI=1S/C9H13NO/c1-4-10-8(3)6-5-7(2)9(10)11/h5-6H,4H2,1-3H3. The van der Waals surface area contributed by atoms with E-state index in [0.717, 1.165) is 17.8 Å². The van der Waals surface area contributed by atoms with Gasteiger partial charge in [0.1, 0.15) is 0 Å². The van der Waals surface area contributed by atoms with E-state index in [1.807, 2.05) is 32.9 Å². The summed E-state index contributed by atoms with van der Waals surface area (Å²) in [7, 11) is 0. The molecule has 0 saturated carbocycles. The van der Waals surface area contributed by atoms with Gasteiger partial charge in [-0.3, -0.25) is 4.79 Å². The average Bonchev–Trinajstić information content (AvgIpc) is 1.99. The van der Waals surface area contributed by atoms with E-state index in [-0.39, 0.29) is 5.56 Å². The highest BCUT2D eigenvalue weighted by Crippen LogP contribution is 1.96. The molecule has 11 heavy (non-hydrogen) atoms. The number of hydrogen-bond acceptors (Lipinski definition) is 1. The van der Waals surface area contributed by atoms with E-state index in [4.69, 9.17) is 0 Å². The summed E-state index contributed by atoms with van der Waals surface area (Å²) in [5.74, 6) is 0. The Kier molecular flexibility index (Phi) is 2.13. The van der Waals surface area contributed by atoms with Crippen molar-refractivity contribution in [2.75, 3.05) is 0 Å². The van der Waals surface area contributed by atoms with Crippen molar-refractivity contribution in [1.82, 2.24) is 4.57 Å². The average molecular weight is 151 g/mol. The van der Waals surface area contributed by atoms with E-state index in [9.17, 15) is 4.79 Å². The highest BCUT2D eigenvalue weighted by atomic mass is 16.1. The Labute approximate surface area is 66.5 Å². The molecule has 0 aromatic carbocycles. The van der Waals surface area contributed by atoms with Crippen LogP contribution in [-0.2, 0) is 6.54 Å². The minimum absolute atomic E-state index is 0.132. The molecule has 0 spiro atoms. The Morgan fingerprint density at radius 3 is 2.45 bits per heavy atom. The first-order valence-electron chi connectivity index (χ1n) is 3.84. The minimum Gasteiger partial charge on any atom is -0.313 e. The van der Waals surface area contributed by atoms with Crippen LogP contribution in [0.15, 0.2) is 16.9 Å². The summed E-state index contributed by atoms with van der Waals surface area (Å²) in [6.07, 6.45) is 0. The second kappa shape index (κ2) is 2.91. The van der Waals surface area contributed by atoms with E-state index in [2.05, 4.69) is 0 Å². The van der Waals surface area contributed by atoms with Crippen LogP contribution >= 0.6 is 0 Å². The molecule has 0 aliphatic carbocycles. The first-order chi connectivity index (χ1) is 5.16. The van der Waals surface area contributed by atoms with Gasteiger partial charge in [0, 0.05) is 17.8 Å². The first-order valence-corrected chi connectivity index (χ1v) is 3.84. The fraction of sp³-hybridized carbons (Fsp3) is 0.444. The summed E-state index contributed by atoms with van der Waals surface area (Å²) >= 11 is 0. The van der Waals surface area contributed by atoms with Gasteiger partial charge < -0.3 is 4.57 Å². The van der Waals surface area contributed by atoms with Crippen LogP contribution in [0.2, 0.25) is 0 Å². The molecular weight excluding hydrogens is 138 g/mol. The van der Waals surface area contributed by atoms with Crippen molar-refractivity contribution in [2.45, 2.75) is 27.3 Å². The zero-order chi connectivity index (χ0) is 8.43. The summed E-state index contributed by atoms with van der Waals surface area (Å²) in [5, 5.41) is 0. The molecule has 0 atom stereocenters. The predicted octanol–water partition coefficient (Wildman–Crippen LogP) is 1.49. The van der Waals surface area contributed by atoms with Crippen molar-refractivity contribution in [3.8, 4) is 0 Å². The van der Waals surface area contributed by atoms with E-state index >= 15 is 0 Å². The second-order valence-corrected chi connectivity index (χ2v) is 2.71. The number of nitrogens with zero attached hydrogens (tertiary/aromatic N) is 1. The quantitative estimate of drug-likeness (QED) is 0.596. The van der Waals surface area contributed by atoms with Crippen molar-refractivity contribution in [3.63, 3.8) is 0 Å². The molecule has 0 fully saturated rings. The number of rotatable bonds is 1. The molecule has 0 unspecified atom stereocenters. The van der Waals surface area contributed by atoms with Gasteiger partial charge in [0.25, 0.3) is 5.56 Å². The molecule has 0 aliphatic rings. The minimum atomic E-state index is 0.132. The van der Waals surface area contributed by atoms with E-state index in [1.54, 1.807) is 4.57 Å². The highest BCUT2D eigenvalue weighted by Gasteiger charge is 1.98. The van der Waals surface area contributed by atoms with Gasteiger partial charge >= 0.3 is 0 Å². The molecule has 60 valence electrons. The lowest BCUT2D eigenvalue weighted by Gasteiger charge is -2.06. The number of hydrogen-bond donors (Lipinski definition) is 0. The Morgan fingerprint density at radius 2 is 2.00 bits per heavy atom. The van der Waals surface area contributed by atoms with Crippen LogP contribution in [0, 0.1) is 13.8 Å². The number of aryl methyl sites for hydroxylation is 2. The van der Waals surface area contributed by atoms with Gasteiger partial charge in [0.05, 0.1) is 0 Å². The van der Waals surface area contributed by atoms with Crippen molar-refractivity contribution in [2.24, 2.45) is 0 Å². The van der Waals surface area contributed by atoms with E-state index in [1.165, 1.54) is 0 Å². The van der Waals surface area contributed by atoms with Gasteiger partial charge in [-0.1, -0.05) is 6.07 Å². The second-order valence-electron chi connectivity index (χ2n) is 2.71. The topological polar surface area (TPSA) is 22.0 Å². The van der Waals surface area contributed by atoms with E-state index in [0.29, 0.717) is 0 Å². The van der Waals surface area contributed by atoms with Crippen LogP contribution in [0.3, 0.4) is 0 Å². The Morgan fingerprint density at radius 1 is 1.36 bits per heavy atom. The molecule has 1 rings (SSSR count). The van der Waals surface area contributed by atoms with Crippen LogP contribution in [0.1, 0.15) is 18.2 Å². The van der Waals surface area contributed by atoms with Gasteiger partial charge in [-0.05, 0) is 26.8 Å². The third-order valence-corrected chi connectivity index (χ3v) is 1.90. The smallest absolute Gasteiger partial charge is 0.253 e. The van der Waals surface area contributed by atoms with Crippen molar-refractivity contribution in [3.05, 3.63) is 33.7 Å². The monoisotopic (exact) mass is 151 g/mol. The Bertz CT molecular complexity index is 312. The van der Waals surface area contributed by atoms with Crippen LogP contribution in [0.5, 0.6) is 0 Å². The summed E-state index contributed by atoms with van der Waals surface area (Å²) in [4.78, 5) is 11.4. The van der Waals surface area contributed by atoms with Crippen LogP contribution in [-0.4, -0.2) is 4.57 Å². The molecule has 1 heterocycles. The van der Waals surface area contributed by atoms with Gasteiger partial charge in [-0.15, -0.1) is 0 Å². The lowest BCUT2D eigenvalue weighted by Crippen LogP contribution is -2.22. The number of aromatic nitrogens is 1. The SMILES string of the molecule is CCn1c(C)ccc(C)c1=O. The molecule has 1 aromatic rings. The van der Waals surface area contributed by atoms with Crippen molar-refractivity contribution < 1.29 is 0 Å². The third kappa shape index (κ3) is 1.34. The molecule has 0 saturated heterocycles. The maximum Gasteiger partial charge on any atom is 0.253 e. The molecule has 0 N–H and O–H groups in total. The molecule has 0 amide bonds. The van der Waals surface area contributed by atoms with Crippen LogP contribution < -0.4 is 5.56 Å². The molecule has 2 nitrogen and oxygen atoms in total. The summed E-state index contributed by atoms with van der Waals surface area (Å²) in [6, 6.07) is 3.84. The highest BCUT2D eigenvalue weighted by molar-refractivity contribution is 5.13. The molecule has 0 bridgehead atoms. The lowest BCUT2D eigenvalue weighted by molar-refractivity contribution is 0.695. The Hall–Kier alpha value is -1.05. The van der Waals surface area contributed by atoms with Crippen molar-refractivity contribution >= 4 is 0 Å². The van der Waals surface area contributed by atoms with Gasteiger partial charge in [0.2, 0.25) is 0 Å². The molecule has 2 heteroatoms.